The van der Waals surface area contributed by atoms with Gasteiger partial charge in [0.1, 0.15) is 5.70 Å². The second-order valence-electron chi connectivity index (χ2n) is 7.81. The highest BCUT2D eigenvalue weighted by Crippen LogP contribution is 2.30. The quantitative estimate of drug-likeness (QED) is 0.390. The summed E-state index contributed by atoms with van der Waals surface area (Å²) >= 11 is 7.42. The number of anilines is 2. The van der Waals surface area contributed by atoms with Gasteiger partial charge in [-0.2, -0.15) is 0 Å². The lowest BCUT2D eigenvalue weighted by molar-refractivity contribution is -0.759. The Labute approximate surface area is 216 Å². The van der Waals surface area contributed by atoms with E-state index in [1.165, 1.54) is 4.90 Å². The predicted molar refractivity (Wildman–Crippen MR) is 137 cm³/mol. The van der Waals surface area contributed by atoms with Gasteiger partial charge in [0.15, 0.2) is 5.17 Å². The van der Waals surface area contributed by atoms with E-state index in [2.05, 4.69) is 15.6 Å². The van der Waals surface area contributed by atoms with Gasteiger partial charge in [0.2, 0.25) is 11.2 Å². The number of nitrogens with one attached hydrogen (secondary N) is 1. The topological polar surface area (TPSA) is 104 Å². The molecule has 2 aliphatic heterocycles. The minimum atomic E-state index is -0.322. The van der Waals surface area contributed by atoms with E-state index in [4.69, 9.17) is 20.9 Å². The summed E-state index contributed by atoms with van der Waals surface area (Å²) in [5.41, 5.74) is 1.57. The Kier molecular flexibility index (Phi) is 7.31. The van der Waals surface area contributed by atoms with Gasteiger partial charge in [0.05, 0.1) is 42.5 Å². The number of carbonyl (C=O) groups excluding carboxylic acids is 2. The lowest BCUT2D eigenvalue weighted by atomic mass is 10.2. The van der Waals surface area contributed by atoms with Crippen LogP contribution in [0.4, 0.5) is 11.6 Å². The highest BCUT2D eigenvalue weighted by atomic mass is 35.5. The molecule has 2 aliphatic rings. The van der Waals surface area contributed by atoms with Crippen molar-refractivity contribution in [3.05, 3.63) is 77.1 Å². The minimum Gasteiger partial charge on any atom is -0.377 e. The first-order valence-corrected chi connectivity index (χ1v) is 12.5. The number of aromatic nitrogens is 2. The van der Waals surface area contributed by atoms with Gasteiger partial charge >= 0.3 is 5.88 Å². The Morgan fingerprint density at radius 2 is 1.89 bits per heavy atom. The van der Waals surface area contributed by atoms with Gasteiger partial charge in [-0.05, 0) is 29.8 Å². The van der Waals surface area contributed by atoms with Crippen molar-refractivity contribution >= 4 is 58.0 Å². The van der Waals surface area contributed by atoms with Crippen LogP contribution in [0.15, 0.2) is 76.0 Å². The number of amidine groups is 1. The monoisotopic (exact) mass is 525 g/mol. The molecule has 36 heavy (non-hydrogen) atoms. The molecule has 5 rings (SSSR count). The van der Waals surface area contributed by atoms with Crippen molar-refractivity contribution in [2.45, 2.75) is 0 Å². The molecule has 0 saturated carbocycles. The molecular weight excluding hydrogens is 504 g/mol. The average molecular weight is 526 g/mol. The smallest absolute Gasteiger partial charge is 0.305 e. The zero-order valence-corrected chi connectivity index (χ0v) is 20.6. The molecule has 2 aromatic carbocycles. The van der Waals surface area contributed by atoms with Crippen molar-refractivity contribution in [3.8, 4) is 0 Å². The summed E-state index contributed by atoms with van der Waals surface area (Å²) in [6, 6.07) is 16.4. The van der Waals surface area contributed by atoms with Crippen molar-refractivity contribution in [2.75, 3.05) is 47.3 Å². The molecule has 0 unspecified atom stereocenters. The third kappa shape index (κ3) is 5.43. The number of morpholine rings is 1. The molecule has 184 valence electrons. The van der Waals surface area contributed by atoms with Gasteiger partial charge in [0, 0.05) is 5.02 Å². The van der Waals surface area contributed by atoms with Gasteiger partial charge in [-0.3, -0.25) is 24.3 Å². The molecule has 0 radical (unpaired) electrons. The normalized spacial score (nSPS) is 17.0. The maximum atomic E-state index is 13.3. The maximum Gasteiger partial charge on any atom is 0.305 e. The van der Waals surface area contributed by atoms with Crippen LogP contribution in [-0.4, -0.2) is 54.3 Å². The first kappa shape index (κ1) is 24.0. The van der Waals surface area contributed by atoms with Crippen molar-refractivity contribution in [1.82, 2.24) is 5.27 Å². The number of nitrogens with zero attached hydrogens (tertiary/aromatic N) is 5. The van der Waals surface area contributed by atoms with Gasteiger partial charge in [0.25, 0.3) is 12.1 Å². The number of halogens is 1. The predicted octanol–water partition coefficient (Wildman–Crippen LogP) is 2.70. The summed E-state index contributed by atoms with van der Waals surface area (Å²) < 4.78 is 10.6. The Balaban J connectivity index is 1.30. The van der Waals surface area contributed by atoms with E-state index in [1.807, 2.05) is 53.5 Å². The first-order chi connectivity index (χ1) is 17.6. The van der Waals surface area contributed by atoms with Crippen LogP contribution in [0, 0.1) is 0 Å². The second kappa shape index (κ2) is 10.9. The fraction of sp³-hybridized carbons (Fsp3) is 0.208. The lowest BCUT2D eigenvalue weighted by Gasteiger charge is -2.18. The van der Waals surface area contributed by atoms with Crippen molar-refractivity contribution < 1.29 is 23.6 Å². The van der Waals surface area contributed by atoms with E-state index < -0.39 is 0 Å². The number of rotatable bonds is 6. The number of benzene rings is 2. The molecule has 0 aliphatic carbocycles. The van der Waals surface area contributed by atoms with Crippen LogP contribution in [0.2, 0.25) is 5.02 Å². The molecule has 0 bridgehead atoms. The summed E-state index contributed by atoms with van der Waals surface area (Å²) in [5.74, 6) is -0.397. The van der Waals surface area contributed by atoms with E-state index in [9.17, 15) is 9.59 Å². The summed E-state index contributed by atoms with van der Waals surface area (Å²) in [6.07, 6.45) is 3.25. The summed E-state index contributed by atoms with van der Waals surface area (Å²) in [4.78, 5) is 33.5. The summed E-state index contributed by atoms with van der Waals surface area (Å²) in [6.45, 7) is 2.55. The SMILES string of the molecule is O=C(CSC1=N/C(=C/c2ccccc2Cl)C(=O)N1c1ccccc1)Nc1c[n+](N2CCOCC2)no1. The van der Waals surface area contributed by atoms with Crippen LogP contribution in [0.25, 0.3) is 6.08 Å². The van der Waals surface area contributed by atoms with E-state index in [-0.39, 0.29) is 29.1 Å². The van der Waals surface area contributed by atoms with Gasteiger partial charge in [-0.25, -0.2) is 4.99 Å². The minimum absolute atomic E-state index is 0.00702. The first-order valence-electron chi connectivity index (χ1n) is 11.2. The molecule has 10 nitrogen and oxygen atoms in total. The van der Waals surface area contributed by atoms with Gasteiger partial charge in [-0.15, -0.1) is 5.01 Å². The number of carbonyl (C=O) groups is 2. The molecule has 1 aromatic heterocycles. The number of ether oxygens (including phenoxy) is 1. The number of hydrogen-bond acceptors (Lipinski definition) is 8. The van der Waals surface area contributed by atoms with Crippen molar-refractivity contribution in [1.29, 1.82) is 0 Å². The fourth-order valence-corrected chi connectivity index (χ4v) is 4.63. The standard InChI is InChI=1S/C24H21ClN6O4S/c25-19-9-5-4-6-17(19)14-20-23(33)31(18-7-2-1-3-8-18)24(26-20)36-16-21(32)27-22-15-30(28-35-22)29-10-12-34-13-11-29/h1-9,14-15H,10-13,16H2/p+1/b20-14+. The molecular formula is C24H22ClN6O4S+. The highest BCUT2D eigenvalue weighted by molar-refractivity contribution is 8.14. The molecule has 0 spiro atoms. The zero-order valence-electron chi connectivity index (χ0n) is 19.0. The van der Waals surface area contributed by atoms with Crippen LogP contribution < -0.4 is 20.0 Å². The van der Waals surface area contributed by atoms with Crippen LogP contribution in [-0.2, 0) is 14.3 Å². The van der Waals surface area contributed by atoms with Gasteiger partial charge in [-0.1, -0.05) is 59.8 Å². The molecule has 3 heterocycles. The van der Waals surface area contributed by atoms with E-state index in [0.717, 1.165) is 11.8 Å². The summed E-state index contributed by atoms with van der Waals surface area (Å²) in [5, 5.41) is 9.49. The molecule has 12 heteroatoms. The number of hydrogen-bond donors (Lipinski definition) is 1. The van der Waals surface area contributed by atoms with Crippen LogP contribution in [0.1, 0.15) is 5.56 Å². The fourth-order valence-electron chi connectivity index (χ4n) is 3.63. The van der Waals surface area contributed by atoms with Crippen molar-refractivity contribution in [3.63, 3.8) is 0 Å². The molecule has 1 N–H and O–H groups in total. The van der Waals surface area contributed by atoms with E-state index >= 15 is 0 Å². The zero-order chi connectivity index (χ0) is 24.9. The molecule has 0 atom stereocenters. The van der Waals surface area contributed by atoms with E-state index in [1.54, 1.807) is 23.1 Å². The number of aliphatic imine (C=N–C) groups is 1. The Hall–Kier alpha value is -3.67. The number of thioether (sulfide) groups is 1. The molecule has 2 amide bonds. The average Bonchev–Trinajstić information content (AvgIpc) is 3.49. The Morgan fingerprint density at radius 3 is 2.67 bits per heavy atom. The summed E-state index contributed by atoms with van der Waals surface area (Å²) in [7, 11) is 0. The van der Waals surface area contributed by atoms with Gasteiger partial charge < -0.3 is 4.74 Å². The van der Waals surface area contributed by atoms with Crippen LogP contribution in [0.3, 0.4) is 0 Å². The van der Waals surface area contributed by atoms with Crippen LogP contribution in [0.5, 0.6) is 0 Å². The van der Waals surface area contributed by atoms with E-state index in [0.29, 0.717) is 47.7 Å². The molecule has 1 saturated heterocycles. The highest BCUT2D eigenvalue weighted by Gasteiger charge is 2.32. The van der Waals surface area contributed by atoms with Crippen molar-refractivity contribution in [2.24, 2.45) is 4.99 Å². The molecule has 1 fully saturated rings. The third-order valence-electron chi connectivity index (χ3n) is 5.37. The Bertz CT molecular complexity index is 1320. The number of amides is 2. The largest absolute Gasteiger partial charge is 0.377 e. The second-order valence-corrected chi connectivity index (χ2v) is 9.16. The molecule has 3 aromatic rings. The Morgan fingerprint density at radius 1 is 1.14 bits per heavy atom. The van der Waals surface area contributed by atoms with Crippen LogP contribution >= 0.6 is 23.4 Å². The number of para-hydroxylation sites is 1. The maximum absolute atomic E-state index is 13.3. The lowest BCUT2D eigenvalue weighted by Crippen LogP contribution is -2.62. The third-order valence-corrected chi connectivity index (χ3v) is 6.65.